The van der Waals surface area contributed by atoms with Crippen LogP contribution >= 0.6 is 0 Å². The van der Waals surface area contributed by atoms with Crippen molar-refractivity contribution in [3.8, 4) is 17.2 Å². The van der Waals surface area contributed by atoms with E-state index in [1.54, 1.807) is 7.11 Å². The van der Waals surface area contributed by atoms with Crippen molar-refractivity contribution in [1.29, 1.82) is 0 Å². The number of ether oxygens (including phenoxy) is 3. The van der Waals surface area contributed by atoms with Gasteiger partial charge in [-0.15, -0.1) is 0 Å². The lowest BCUT2D eigenvalue weighted by molar-refractivity contribution is -0.137. The first-order chi connectivity index (χ1) is 14.7. The number of para-hydroxylation sites is 1. The van der Waals surface area contributed by atoms with Crippen LogP contribution in [0.25, 0.3) is 21.8 Å². The number of hydrogen-bond acceptors (Lipinski definition) is 4. The van der Waals surface area contributed by atoms with E-state index in [-0.39, 0.29) is 6.54 Å². The van der Waals surface area contributed by atoms with E-state index >= 15 is 0 Å². The van der Waals surface area contributed by atoms with Crippen LogP contribution in [0.5, 0.6) is 17.2 Å². The molecule has 0 spiro atoms. The second kappa shape index (κ2) is 8.78. The Labute approximate surface area is 174 Å². The molecule has 0 aliphatic heterocycles. The summed E-state index contributed by atoms with van der Waals surface area (Å²) in [4.78, 5) is 11.4. The van der Waals surface area contributed by atoms with Gasteiger partial charge in [-0.2, -0.15) is 0 Å². The molecule has 0 aliphatic carbocycles. The summed E-state index contributed by atoms with van der Waals surface area (Å²) in [6.45, 7) is 0.942. The average molecular weight is 405 g/mol. The third-order valence-corrected chi connectivity index (χ3v) is 4.92. The number of rotatable bonds is 9. The summed E-state index contributed by atoms with van der Waals surface area (Å²) >= 11 is 0. The highest BCUT2D eigenvalue weighted by Crippen LogP contribution is 2.31. The lowest BCUT2D eigenvalue weighted by Crippen LogP contribution is -2.08. The molecule has 4 rings (SSSR count). The molecule has 0 radical (unpaired) electrons. The number of benzene rings is 3. The fourth-order valence-corrected chi connectivity index (χ4v) is 3.54. The quantitative estimate of drug-likeness (QED) is 0.408. The molecule has 1 aromatic heterocycles. The van der Waals surface area contributed by atoms with Gasteiger partial charge in [-0.3, -0.25) is 4.79 Å². The summed E-state index contributed by atoms with van der Waals surface area (Å²) in [5.74, 6) is 1.41. The standard InChI is InChI=1S/C24H23NO5/c1-28-17-7-9-18(10-8-17)29-13-4-14-30-19-11-12-21-20-5-2-3-6-22(20)25(16-24(26)27)23(21)15-19/h2-3,5-12,15H,4,13-14,16H2,1H3,(H,26,27). The van der Waals surface area contributed by atoms with Crippen LogP contribution in [-0.4, -0.2) is 36.0 Å². The summed E-state index contributed by atoms with van der Waals surface area (Å²) in [7, 11) is 1.63. The van der Waals surface area contributed by atoms with Crippen LogP contribution in [0.15, 0.2) is 66.7 Å². The number of carbonyl (C=O) groups is 1. The summed E-state index contributed by atoms with van der Waals surface area (Å²) < 4.78 is 18.5. The zero-order valence-corrected chi connectivity index (χ0v) is 16.7. The predicted molar refractivity (Wildman–Crippen MR) is 116 cm³/mol. The van der Waals surface area contributed by atoms with Gasteiger partial charge < -0.3 is 23.9 Å². The number of methoxy groups -OCH3 is 1. The van der Waals surface area contributed by atoms with Crippen molar-refractivity contribution >= 4 is 27.8 Å². The Balaban J connectivity index is 1.42. The van der Waals surface area contributed by atoms with Gasteiger partial charge in [0.1, 0.15) is 23.8 Å². The zero-order valence-electron chi connectivity index (χ0n) is 16.7. The Hall–Kier alpha value is -3.67. The molecule has 154 valence electrons. The van der Waals surface area contributed by atoms with Gasteiger partial charge >= 0.3 is 5.97 Å². The summed E-state index contributed by atoms with van der Waals surface area (Å²) in [5, 5.41) is 11.4. The lowest BCUT2D eigenvalue weighted by Gasteiger charge is -2.09. The smallest absolute Gasteiger partial charge is 0.323 e. The molecule has 1 N–H and O–H groups in total. The minimum atomic E-state index is -0.875. The zero-order chi connectivity index (χ0) is 20.9. The number of hydrogen-bond donors (Lipinski definition) is 1. The van der Waals surface area contributed by atoms with Crippen molar-refractivity contribution in [3.05, 3.63) is 66.7 Å². The highest BCUT2D eigenvalue weighted by molar-refractivity contribution is 6.08. The molecule has 0 fully saturated rings. The minimum Gasteiger partial charge on any atom is -0.497 e. The van der Waals surface area contributed by atoms with Crippen LogP contribution in [-0.2, 0) is 11.3 Å². The largest absolute Gasteiger partial charge is 0.497 e. The molecule has 0 bridgehead atoms. The Morgan fingerprint density at radius 2 is 1.47 bits per heavy atom. The molecule has 6 nitrogen and oxygen atoms in total. The molecular weight excluding hydrogens is 382 g/mol. The molecule has 0 amide bonds. The first-order valence-electron chi connectivity index (χ1n) is 9.78. The van der Waals surface area contributed by atoms with E-state index in [4.69, 9.17) is 14.2 Å². The average Bonchev–Trinajstić information content (AvgIpc) is 3.07. The molecule has 1 heterocycles. The van der Waals surface area contributed by atoms with Gasteiger partial charge in [0.05, 0.1) is 25.8 Å². The molecule has 6 heteroatoms. The van der Waals surface area contributed by atoms with Crippen LogP contribution < -0.4 is 14.2 Å². The van der Waals surface area contributed by atoms with E-state index in [0.717, 1.165) is 39.7 Å². The summed E-state index contributed by atoms with van der Waals surface area (Å²) in [5.41, 5.74) is 1.76. The second-order valence-electron chi connectivity index (χ2n) is 6.90. The topological polar surface area (TPSA) is 69.9 Å². The van der Waals surface area contributed by atoms with Gasteiger partial charge in [0.25, 0.3) is 0 Å². The van der Waals surface area contributed by atoms with Crippen molar-refractivity contribution in [3.63, 3.8) is 0 Å². The fraction of sp³-hybridized carbons (Fsp3) is 0.208. The van der Waals surface area contributed by atoms with E-state index in [1.807, 2.05) is 71.3 Å². The minimum absolute atomic E-state index is 0.0941. The number of carboxylic acids is 1. The highest BCUT2D eigenvalue weighted by Gasteiger charge is 2.13. The van der Waals surface area contributed by atoms with Crippen LogP contribution in [0.2, 0.25) is 0 Å². The van der Waals surface area contributed by atoms with E-state index in [0.29, 0.717) is 19.0 Å². The summed E-state index contributed by atoms with van der Waals surface area (Å²) in [6, 6.07) is 21.1. The van der Waals surface area contributed by atoms with E-state index in [1.165, 1.54) is 0 Å². The molecular formula is C24H23NO5. The number of nitrogens with zero attached hydrogens (tertiary/aromatic N) is 1. The number of aromatic nitrogens is 1. The molecule has 30 heavy (non-hydrogen) atoms. The fourth-order valence-electron chi connectivity index (χ4n) is 3.54. The van der Waals surface area contributed by atoms with Crippen molar-refractivity contribution in [2.75, 3.05) is 20.3 Å². The maximum Gasteiger partial charge on any atom is 0.323 e. The SMILES string of the molecule is COc1ccc(OCCCOc2ccc3c4ccccc4n(CC(=O)O)c3c2)cc1. The van der Waals surface area contributed by atoms with Crippen molar-refractivity contribution in [2.45, 2.75) is 13.0 Å². The van der Waals surface area contributed by atoms with Gasteiger partial charge in [-0.1, -0.05) is 18.2 Å². The monoisotopic (exact) mass is 405 g/mol. The van der Waals surface area contributed by atoms with E-state index in [9.17, 15) is 9.90 Å². The third kappa shape index (κ3) is 4.17. The first kappa shape index (κ1) is 19.6. The van der Waals surface area contributed by atoms with E-state index in [2.05, 4.69) is 0 Å². The van der Waals surface area contributed by atoms with Crippen molar-refractivity contribution in [1.82, 2.24) is 4.57 Å². The Morgan fingerprint density at radius 1 is 0.833 bits per heavy atom. The summed E-state index contributed by atoms with van der Waals surface area (Å²) in [6.07, 6.45) is 0.724. The third-order valence-electron chi connectivity index (χ3n) is 4.92. The number of fused-ring (bicyclic) bond motifs is 3. The molecule has 4 aromatic rings. The van der Waals surface area contributed by atoms with Gasteiger partial charge in [-0.05, 0) is 42.5 Å². The molecule has 0 atom stereocenters. The van der Waals surface area contributed by atoms with Gasteiger partial charge in [0, 0.05) is 28.8 Å². The van der Waals surface area contributed by atoms with Crippen LogP contribution in [0.3, 0.4) is 0 Å². The molecule has 0 unspecified atom stereocenters. The van der Waals surface area contributed by atoms with Gasteiger partial charge in [0.2, 0.25) is 0 Å². The Kier molecular flexibility index (Phi) is 5.75. The molecule has 0 saturated heterocycles. The van der Waals surface area contributed by atoms with Crippen LogP contribution in [0, 0.1) is 0 Å². The second-order valence-corrected chi connectivity index (χ2v) is 6.90. The molecule has 0 aliphatic rings. The van der Waals surface area contributed by atoms with Crippen LogP contribution in [0.1, 0.15) is 6.42 Å². The number of carboxylic acid groups (broad SMARTS) is 1. The Morgan fingerprint density at radius 3 is 2.20 bits per heavy atom. The Bertz CT molecular complexity index is 1160. The van der Waals surface area contributed by atoms with Gasteiger partial charge in [-0.25, -0.2) is 0 Å². The predicted octanol–water partition coefficient (Wildman–Crippen LogP) is 4.74. The number of aliphatic carboxylic acids is 1. The highest BCUT2D eigenvalue weighted by atomic mass is 16.5. The maximum atomic E-state index is 11.4. The van der Waals surface area contributed by atoms with Crippen molar-refractivity contribution < 1.29 is 24.1 Å². The lowest BCUT2D eigenvalue weighted by atomic mass is 10.1. The van der Waals surface area contributed by atoms with Gasteiger partial charge in [0.15, 0.2) is 0 Å². The van der Waals surface area contributed by atoms with Crippen molar-refractivity contribution in [2.24, 2.45) is 0 Å². The molecule has 3 aromatic carbocycles. The molecule has 0 saturated carbocycles. The maximum absolute atomic E-state index is 11.4. The van der Waals surface area contributed by atoms with E-state index < -0.39 is 5.97 Å². The normalized spacial score (nSPS) is 11.0. The first-order valence-corrected chi connectivity index (χ1v) is 9.78. The van der Waals surface area contributed by atoms with Crippen LogP contribution in [0.4, 0.5) is 0 Å².